The first-order valence-corrected chi connectivity index (χ1v) is 7.09. The molecule has 2 heterocycles. The number of carbonyl (C=O) groups is 1. The minimum Gasteiger partial charge on any atom is -0.362 e. The van der Waals surface area contributed by atoms with Crippen molar-refractivity contribution in [3.63, 3.8) is 0 Å². The molecule has 1 N–H and O–H groups in total. The van der Waals surface area contributed by atoms with Gasteiger partial charge in [0.1, 0.15) is 5.70 Å². The summed E-state index contributed by atoms with van der Waals surface area (Å²) in [5.41, 5.74) is 2.08. The highest BCUT2D eigenvalue weighted by atomic mass is 35.5. The molecular formula is C15H12ClN3OS. The molecule has 0 unspecified atom stereocenters. The largest absolute Gasteiger partial charge is 0.362 e. The van der Waals surface area contributed by atoms with E-state index in [-0.39, 0.29) is 5.91 Å². The van der Waals surface area contributed by atoms with Crippen LogP contribution in [0.2, 0.25) is 5.02 Å². The average Bonchev–Trinajstić information content (AvgIpc) is 3.05. The number of nitrogens with one attached hydrogen (secondary N) is 1. The van der Waals surface area contributed by atoms with Gasteiger partial charge in [-0.1, -0.05) is 11.6 Å². The molecule has 1 aromatic carbocycles. The fourth-order valence-corrected chi connectivity index (χ4v) is 2.57. The van der Waals surface area contributed by atoms with Gasteiger partial charge < -0.3 is 9.88 Å². The number of anilines is 1. The van der Waals surface area contributed by atoms with Crippen LogP contribution in [0.4, 0.5) is 5.69 Å². The molecule has 1 aliphatic rings. The summed E-state index contributed by atoms with van der Waals surface area (Å²) in [5.74, 6) is -0.153. The standard InChI is InChI=1S/C15H12ClN3OS/c1-18-13(9-11-3-2-8-17-11)14(20)19(15(18)21)12-6-4-10(16)5-7-12/h2-9,17H,1H3/b13-9-. The van der Waals surface area contributed by atoms with Gasteiger partial charge in [0.25, 0.3) is 5.91 Å². The van der Waals surface area contributed by atoms with Crippen molar-refractivity contribution in [2.75, 3.05) is 11.9 Å². The summed E-state index contributed by atoms with van der Waals surface area (Å²) in [4.78, 5) is 18.9. The third kappa shape index (κ3) is 2.46. The van der Waals surface area contributed by atoms with Crippen molar-refractivity contribution < 1.29 is 4.79 Å². The second-order valence-electron chi connectivity index (χ2n) is 4.61. The van der Waals surface area contributed by atoms with Gasteiger partial charge in [-0.05, 0) is 54.7 Å². The summed E-state index contributed by atoms with van der Waals surface area (Å²) in [5, 5.41) is 1.06. The van der Waals surface area contributed by atoms with Gasteiger partial charge in [-0.15, -0.1) is 0 Å². The third-order valence-corrected chi connectivity index (χ3v) is 3.97. The molecule has 1 amide bonds. The minimum atomic E-state index is -0.153. The quantitative estimate of drug-likeness (QED) is 0.682. The number of aromatic nitrogens is 1. The Labute approximate surface area is 132 Å². The van der Waals surface area contributed by atoms with E-state index >= 15 is 0 Å². The summed E-state index contributed by atoms with van der Waals surface area (Å²) in [6, 6.07) is 10.8. The summed E-state index contributed by atoms with van der Waals surface area (Å²) < 4.78 is 0. The van der Waals surface area contributed by atoms with Crippen molar-refractivity contribution in [3.8, 4) is 0 Å². The first-order chi connectivity index (χ1) is 10.1. The Bertz CT molecular complexity index is 722. The Morgan fingerprint density at radius 3 is 2.57 bits per heavy atom. The minimum absolute atomic E-state index is 0.153. The maximum absolute atomic E-state index is 12.6. The summed E-state index contributed by atoms with van der Waals surface area (Å²) in [6.45, 7) is 0. The highest BCUT2D eigenvalue weighted by molar-refractivity contribution is 7.80. The summed E-state index contributed by atoms with van der Waals surface area (Å²) >= 11 is 11.3. The zero-order valence-corrected chi connectivity index (χ0v) is 12.8. The zero-order valence-electron chi connectivity index (χ0n) is 11.2. The van der Waals surface area contributed by atoms with Crippen LogP contribution in [0.15, 0.2) is 48.3 Å². The van der Waals surface area contributed by atoms with Gasteiger partial charge in [-0.2, -0.15) is 0 Å². The molecule has 0 radical (unpaired) electrons. The molecule has 106 valence electrons. The number of halogens is 1. The Balaban J connectivity index is 1.99. The number of likely N-dealkylation sites (N-methyl/N-ethyl adjacent to an activating group) is 1. The first kappa shape index (κ1) is 13.9. The lowest BCUT2D eigenvalue weighted by atomic mass is 10.2. The monoisotopic (exact) mass is 317 g/mol. The number of nitrogens with zero attached hydrogens (tertiary/aromatic N) is 2. The van der Waals surface area contributed by atoms with Gasteiger partial charge in [0.2, 0.25) is 0 Å². The van der Waals surface area contributed by atoms with Crippen molar-refractivity contribution in [3.05, 3.63) is 59.0 Å². The van der Waals surface area contributed by atoms with Gasteiger partial charge in [0.05, 0.1) is 5.69 Å². The van der Waals surface area contributed by atoms with Gasteiger partial charge in [-0.25, -0.2) is 0 Å². The van der Waals surface area contributed by atoms with E-state index in [2.05, 4.69) is 4.98 Å². The molecule has 1 fully saturated rings. The van der Waals surface area contributed by atoms with Gasteiger partial charge in [0.15, 0.2) is 5.11 Å². The lowest BCUT2D eigenvalue weighted by Gasteiger charge is -2.16. The fourth-order valence-electron chi connectivity index (χ4n) is 2.16. The molecule has 0 aliphatic carbocycles. The number of rotatable bonds is 2. The molecular weight excluding hydrogens is 306 g/mol. The van der Waals surface area contributed by atoms with Crippen molar-refractivity contribution >= 4 is 46.6 Å². The first-order valence-electron chi connectivity index (χ1n) is 6.31. The van der Waals surface area contributed by atoms with Crippen LogP contribution in [-0.2, 0) is 4.79 Å². The summed E-state index contributed by atoms with van der Waals surface area (Å²) in [6.07, 6.45) is 3.59. The molecule has 4 nitrogen and oxygen atoms in total. The number of thiocarbonyl (C=S) groups is 1. The molecule has 1 aliphatic heterocycles. The summed E-state index contributed by atoms with van der Waals surface area (Å²) in [7, 11) is 1.78. The highest BCUT2D eigenvalue weighted by Gasteiger charge is 2.36. The maximum atomic E-state index is 12.6. The Kier molecular flexibility index (Phi) is 3.53. The fraction of sp³-hybridized carbons (Fsp3) is 0.0667. The lowest BCUT2D eigenvalue weighted by Crippen LogP contribution is -2.31. The van der Waals surface area contributed by atoms with Crippen LogP contribution >= 0.6 is 23.8 Å². The van der Waals surface area contributed by atoms with Crippen LogP contribution in [0.25, 0.3) is 6.08 Å². The zero-order chi connectivity index (χ0) is 15.0. The van der Waals surface area contributed by atoms with Crippen molar-refractivity contribution in [1.29, 1.82) is 0 Å². The van der Waals surface area contributed by atoms with E-state index in [1.807, 2.05) is 12.1 Å². The second kappa shape index (κ2) is 5.35. The lowest BCUT2D eigenvalue weighted by molar-refractivity contribution is -0.114. The van der Waals surface area contributed by atoms with Crippen molar-refractivity contribution in [2.45, 2.75) is 0 Å². The predicted octanol–water partition coefficient (Wildman–Crippen LogP) is 3.27. The maximum Gasteiger partial charge on any atom is 0.281 e. The number of H-pyrrole nitrogens is 1. The normalized spacial score (nSPS) is 17.1. The van der Waals surface area contributed by atoms with Crippen molar-refractivity contribution in [2.24, 2.45) is 0 Å². The molecule has 0 atom stereocenters. The van der Waals surface area contributed by atoms with Crippen LogP contribution in [0.3, 0.4) is 0 Å². The number of hydrogen-bond acceptors (Lipinski definition) is 2. The average molecular weight is 318 g/mol. The molecule has 0 bridgehead atoms. The topological polar surface area (TPSA) is 39.3 Å². The van der Waals surface area contributed by atoms with E-state index in [1.165, 1.54) is 4.90 Å². The van der Waals surface area contributed by atoms with Crippen molar-refractivity contribution in [1.82, 2.24) is 9.88 Å². The number of hydrogen-bond donors (Lipinski definition) is 1. The smallest absolute Gasteiger partial charge is 0.281 e. The van der Waals surface area contributed by atoms with Gasteiger partial charge in [-0.3, -0.25) is 9.69 Å². The van der Waals surface area contributed by atoms with Crippen LogP contribution in [0.1, 0.15) is 5.69 Å². The van der Waals surface area contributed by atoms with E-state index in [1.54, 1.807) is 48.5 Å². The molecule has 0 spiro atoms. The number of aromatic amines is 1. The van der Waals surface area contributed by atoms with Gasteiger partial charge in [0, 0.05) is 24.0 Å². The molecule has 1 aromatic heterocycles. The molecule has 2 aromatic rings. The number of carbonyl (C=O) groups excluding carboxylic acids is 1. The van der Waals surface area contributed by atoms with E-state index in [0.29, 0.717) is 21.5 Å². The SMILES string of the molecule is CN1C(=S)N(c2ccc(Cl)cc2)C(=O)/C1=C/c1ccc[nH]1. The second-order valence-corrected chi connectivity index (χ2v) is 5.42. The molecule has 3 rings (SSSR count). The Hall–Kier alpha value is -2.11. The van der Waals surface area contributed by atoms with Gasteiger partial charge >= 0.3 is 0 Å². The molecule has 21 heavy (non-hydrogen) atoms. The predicted molar refractivity (Wildman–Crippen MR) is 88.1 cm³/mol. The third-order valence-electron chi connectivity index (χ3n) is 3.26. The van der Waals surface area contributed by atoms with Crippen LogP contribution in [0.5, 0.6) is 0 Å². The van der Waals surface area contributed by atoms with Crippen LogP contribution < -0.4 is 4.90 Å². The van der Waals surface area contributed by atoms with E-state index in [9.17, 15) is 4.79 Å². The molecule has 1 saturated heterocycles. The van der Waals surface area contributed by atoms with Crippen LogP contribution in [0, 0.1) is 0 Å². The van der Waals surface area contributed by atoms with E-state index in [4.69, 9.17) is 23.8 Å². The molecule has 0 saturated carbocycles. The van der Waals surface area contributed by atoms with Crippen LogP contribution in [-0.4, -0.2) is 28.0 Å². The Morgan fingerprint density at radius 2 is 1.95 bits per heavy atom. The van der Waals surface area contributed by atoms with E-state index in [0.717, 1.165) is 5.69 Å². The van der Waals surface area contributed by atoms with E-state index < -0.39 is 0 Å². The highest BCUT2D eigenvalue weighted by Crippen LogP contribution is 2.28. The number of benzene rings is 1. The number of amides is 1. The Morgan fingerprint density at radius 1 is 1.24 bits per heavy atom. The molecule has 6 heteroatoms.